The van der Waals surface area contributed by atoms with E-state index in [1.807, 2.05) is 31.2 Å². The zero-order chi connectivity index (χ0) is 35.0. The normalized spacial score (nSPS) is 15.2. The average Bonchev–Trinajstić information content (AvgIpc) is 3.07. The van der Waals surface area contributed by atoms with Crippen molar-refractivity contribution in [3.05, 3.63) is 143 Å². The third-order valence-electron chi connectivity index (χ3n) is 9.28. The van der Waals surface area contributed by atoms with Crippen molar-refractivity contribution >= 4 is 11.4 Å². The SMILES string of the molecule is Cc1ccc(C2CCC(c3ccc(Oc4ccc(N)cc4)c(C(F)(F)F)c3)(c3ccc(Oc4ccc(N)cc4)c(C(F)(F)F)c3)CC2)cc1. The molecule has 4 nitrogen and oxygen atoms in total. The fourth-order valence-corrected chi connectivity index (χ4v) is 6.63. The minimum absolute atomic E-state index is 0.0964. The van der Waals surface area contributed by atoms with E-state index in [0.29, 0.717) is 37.1 Å². The van der Waals surface area contributed by atoms with E-state index >= 15 is 0 Å². The maximum Gasteiger partial charge on any atom is 0.419 e. The summed E-state index contributed by atoms with van der Waals surface area (Å²) in [5.41, 5.74) is 11.8. The number of ether oxygens (including phenoxy) is 2. The largest absolute Gasteiger partial charge is 0.457 e. The number of aryl methyl sites for hydroxylation is 1. The monoisotopic (exact) mass is 676 g/mol. The second-order valence-corrected chi connectivity index (χ2v) is 12.5. The van der Waals surface area contributed by atoms with Gasteiger partial charge in [0.25, 0.3) is 0 Å². The maximum absolute atomic E-state index is 14.6. The van der Waals surface area contributed by atoms with Crippen LogP contribution in [0.25, 0.3) is 0 Å². The van der Waals surface area contributed by atoms with Gasteiger partial charge in [-0.25, -0.2) is 0 Å². The Bertz CT molecular complexity index is 1800. The van der Waals surface area contributed by atoms with E-state index in [2.05, 4.69) is 0 Å². The molecule has 0 unspecified atom stereocenters. The molecule has 254 valence electrons. The van der Waals surface area contributed by atoms with Crippen molar-refractivity contribution in [2.75, 3.05) is 11.5 Å². The van der Waals surface area contributed by atoms with Crippen molar-refractivity contribution < 1.29 is 35.8 Å². The van der Waals surface area contributed by atoms with Gasteiger partial charge in [0.2, 0.25) is 0 Å². The van der Waals surface area contributed by atoms with Crippen LogP contribution >= 0.6 is 0 Å². The lowest BCUT2D eigenvalue weighted by Crippen LogP contribution is -2.33. The number of hydrogen-bond donors (Lipinski definition) is 2. The standard InChI is InChI=1S/C39H34F6N2O2/c1-24-2-4-25(5-3-24)26-18-20-37(21-19-26,27-6-16-35(33(22-27)38(40,41)42)48-31-12-8-29(46)9-13-31)28-7-17-36(34(23-28)39(43,44)45)49-32-14-10-30(47)11-15-32/h2-17,22-23,26H,18-21,46-47H2,1H3. The topological polar surface area (TPSA) is 70.5 Å². The molecular weight excluding hydrogens is 642 g/mol. The van der Waals surface area contributed by atoms with Crippen LogP contribution in [0.4, 0.5) is 37.7 Å². The summed E-state index contributed by atoms with van der Waals surface area (Å²) in [6.07, 6.45) is -7.88. The summed E-state index contributed by atoms with van der Waals surface area (Å²) in [7, 11) is 0. The summed E-state index contributed by atoms with van der Waals surface area (Å²) in [6.45, 7) is 1.98. The van der Waals surface area contributed by atoms with Crippen molar-refractivity contribution in [3.8, 4) is 23.0 Å². The van der Waals surface area contributed by atoms with Gasteiger partial charge in [-0.15, -0.1) is 0 Å². The van der Waals surface area contributed by atoms with Crippen LogP contribution in [0, 0.1) is 6.92 Å². The highest BCUT2D eigenvalue weighted by molar-refractivity contribution is 5.53. The summed E-state index contributed by atoms with van der Waals surface area (Å²) < 4.78 is 99.1. The molecule has 0 spiro atoms. The number of rotatable bonds is 7. The number of benzene rings is 5. The molecule has 1 aliphatic rings. The Morgan fingerprint density at radius 2 is 0.980 bits per heavy atom. The molecule has 10 heteroatoms. The molecule has 5 aromatic carbocycles. The van der Waals surface area contributed by atoms with E-state index < -0.39 is 40.4 Å². The van der Waals surface area contributed by atoms with E-state index in [1.165, 1.54) is 72.8 Å². The van der Waals surface area contributed by atoms with Gasteiger partial charge in [-0.1, -0.05) is 42.0 Å². The fraction of sp³-hybridized carbons (Fsp3) is 0.231. The lowest BCUT2D eigenvalue weighted by atomic mass is 9.62. The van der Waals surface area contributed by atoms with E-state index in [4.69, 9.17) is 20.9 Å². The second kappa shape index (κ2) is 13.1. The molecule has 0 saturated heterocycles. The lowest BCUT2D eigenvalue weighted by Gasteiger charge is -2.42. The fourth-order valence-electron chi connectivity index (χ4n) is 6.63. The number of alkyl halides is 6. The Hall–Kier alpha value is -5.12. The molecule has 0 amide bonds. The van der Waals surface area contributed by atoms with Crippen LogP contribution in [0.3, 0.4) is 0 Å². The Balaban J connectivity index is 1.45. The number of hydrogen-bond acceptors (Lipinski definition) is 4. The zero-order valence-electron chi connectivity index (χ0n) is 26.5. The van der Waals surface area contributed by atoms with Gasteiger partial charge in [0.05, 0.1) is 11.1 Å². The molecule has 1 aliphatic carbocycles. The van der Waals surface area contributed by atoms with Gasteiger partial charge in [-0.05, 0) is 128 Å². The highest BCUT2D eigenvalue weighted by atomic mass is 19.4. The minimum atomic E-state index is -4.81. The first-order valence-corrected chi connectivity index (χ1v) is 15.8. The number of nitrogen functional groups attached to an aromatic ring is 2. The molecule has 0 radical (unpaired) electrons. The van der Waals surface area contributed by atoms with Crippen LogP contribution in [0.5, 0.6) is 23.0 Å². The lowest BCUT2D eigenvalue weighted by molar-refractivity contribution is -0.139. The summed E-state index contributed by atoms with van der Waals surface area (Å²) in [6, 6.07) is 27.5. The summed E-state index contributed by atoms with van der Waals surface area (Å²) in [5, 5.41) is 0. The van der Waals surface area contributed by atoms with Crippen molar-refractivity contribution in [2.24, 2.45) is 0 Å². The highest BCUT2D eigenvalue weighted by Crippen LogP contribution is 2.52. The third-order valence-corrected chi connectivity index (χ3v) is 9.28. The van der Waals surface area contributed by atoms with Crippen molar-refractivity contribution in [1.82, 2.24) is 0 Å². The zero-order valence-corrected chi connectivity index (χ0v) is 26.5. The quantitative estimate of drug-likeness (QED) is 0.133. The Morgan fingerprint density at radius 3 is 1.37 bits per heavy atom. The van der Waals surface area contributed by atoms with Crippen molar-refractivity contribution in [1.29, 1.82) is 0 Å². The van der Waals surface area contributed by atoms with E-state index in [1.54, 1.807) is 0 Å². The van der Waals surface area contributed by atoms with Gasteiger partial charge in [-0.2, -0.15) is 26.3 Å². The molecular formula is C39H34F6N2O2. The molecule has 4 N–H and O–H groups in total. The molecule has 0 aliphatic heterocycles. The third kappa shape index (κ3) is 7.33. The molecule has 6 rings (SSSR count). The molecule has 0 heterocycles. The molecule has 0 atom stereocenters. The van der Waals surface area contributed by atoms with Gasteiger partial charge < -0.3 is 20.9 Å². The summed E-state index contributed by atoms with van der Waals surface area (Å²) in [5.74, 6) is -0.431. The number of nitrogens with two attached hydrogens (primary N) is 2. The summed E-state index contributed by atoms with van der Waals surface area (Å²) >= 11 is 0. The first-order chi connectivity index (χ1) is 23.2. The summed E-state index contributed by atoms with van der Waals surface area (Å²) in [4.78, 5) is 0. The van der Waals surface area contributed by atoms with Crippen LogP contribution in [-0.4, -0.2) is 0 Å². The van der Waals surface area contributed by atoms with E-state index in [-0.39, 0.29) is 28.5 Å². The average molecular weight is 677 g/mol. The Labute approximate surface area is 280 Å². The molecule has 0 aromatic heterocycles. The van der Waals surface area contributed by atoms with Crippen LogP contribution < -0.4 is 20.9 Å². The second-order valence-electron chi connectivity index (χ2n) is 12.5. The molecule has 49 heavy (non-hydrogen) atoms. The minimum Gasteiger partial charge on any atom is -0.457 e. The van der Waals surface area contributed by atoms with Crippen LogP contribution in [0.15, 0.2) is 109 Å². The molecule has 1 saturated carbocycles. The highest BCUT2D eigenvalue weighted by Gasteiger charge is 2.44. The van der Waals surface area contributed by atoms with Gasteiger partial charge in [-0.3, -0.25) is 0 Å². The maximum atomic E-state index is 14.6. The predicted molar refractivity (Wildman–Crippen MR) is 178 cm³/mol. The van der Waals surface area contributed by atoms with Crippen molar-refractivity contribution in [2.45, 2.75) is 56.3 Å². The smallest absolute Gasteiger partial charge is 0.419 e. The number of anilines is 2. The van der Waals surface area contributed by atoms with Crippen LogP contribution in [0.2, 0.25) is 0 Å². The van der Waals surface area contributed by atoms with Gasteiger partial charge in [0, 0.05) is 16.8 Å². The first-order valence-electron chi connectivity index (χ1n) is 15.8. The first kappa shape index (κ1) is 33.8. The van der Waals surface area contributed by atoms with Gasteiger partial charge >= 0.3 is 12.4 Å². The molecule has 1 fully saturated rings. The number of halogens is 6. The van der Waals surface area contributed by atoms with Gasteiger partial charge in [0.1, 0.15) is 23.0 Å². The van der Waals surface area contributed by atoms with Gasteiger partial charge in [0.15, 0.2) is 0 Å². The van der Waals surface area contributed by atoms with E-state index in [9.17, 15) is 26.3 Å². The van der Waals surface area contributed by atoms with Crippen molar-refractivity contribution in [3.63, 3.8) is 0 Å². The molecule has 5 aromatic rings. The van der Waals surface area contributed by atoms with Crippen LogP contribution in [-0.2, 0) is 17.8 Å². The predicted octanol–water partition coefficient (Wildman–Crippen LogP) is 11.4. The van der Waals surface area contributed by atoms with Crippen LogP contribution in [0.1, 0.15) is 65.0 Å². The Kier molecular flexibility index (Phi) is 9.00. The Morgan fingerprint density at radius 1 is 0.571 bits per heavy atom. The molecule has 0 bridgehead atoms. The van der Waals surface area contributed by atoms with E-state index in [0.717, 1.165) is 23.3 Å².